The molecule has 0 spiro atoms. The molecule has 2 N–H and O–H groups in total. The maximum absolute atomic E-state index is 13.2. The van der Waals surface area contributed by atoms with Gasteiger partial charge in [0.25, 0.3) is 0 Å². The second kappa shape index (κ2) is 5.56. The van der Waals surface area contributed by atoms with Gasteiger partial charge in [-0.05, 0) is 20.8 Å². The number of rotatable bonds is 4. The minimum Gasteiger partial charge on any atom is -0.379 e. The lowest BCUT2D eigenvalue weighted by Crippen LogP contribution is -2.38. The average Bonchev–Trinajstić information content (AvgIpc) is 2.24. The van der Waals surface area contributed by atoms with Crippen molar-refractivity contribution in [1.82, 2.24) is 5.32 Å². The van der Waals surface area contributed by atoms with Crippen molar-refractivity contribution in [1.29, 1.82) is 0 Å². The normalized spacial score (nSPS) is 11.7. The summed E-state index contributed by atoms with van der Waals surface area (Å²) in [5.41, 5.74) is -0.922. The summed E-state index contributed by atoms with van der Waals surface area (Å²) in [6.45, 7) is 6.33. The molecule has 0 radical (unpaired) electrons. The Bertz CT molecular complexity index is 401. The molecule has 0 fully saturated rings. The monoisotopic (exact) mass is 264 g/mol. The molecule has 0 aliphatic carbocycles. The van der Waals surface area contributed by atoms with Crippen molar-refractivity contribution < 1.29 is 17.6 Å². The van der Waals surface area contributed by atoms with Crippen molar-refractivity contribution in [3.63, 3.8) is 0 Å². The smallest absolute Gasteiger partial charge is 0.185 e. The van der Waals surface area contributed by atoms with Crippen LogP contribution in [0.15, 0.2) is 6.07 Å². The van der Waals surface area contributed by atoms with Gasteiger partial charge in [-0.3, -0.25) is 0 Å². The van der Waals surface area contributed by atoms with Crippen molar-refractivity contribution in [2.24, 2.45) is 0 Å². The fourth-order valence-corrected chi connectivity index (χ4v) is 1.35. The van der Waals surface area contributed by atoms with Crippen LogP contribution in [0.3, 0.4) is 0 Å². The van der Waals surface area contributed by atoms with Crippen molar-refractivity contribution in [3.8, 4) is 0 Å². The molecule has 0 aliphatic heterocycles. The molecule has 0 saturated heterocycles. The SMILES string of the molecule is CC(C)(C)NCCNc1c(F)c(F)cc(F)c1F. The fraction of sp³-hybridized carbons (Fsp3) is 0.500. The molecule has 0 bridgehead atoms. The molecule has 0 unspecified atom stereocenters. The van der Waals surface area contributed by atoms with Crippen LogP contribution >= 0.6 is 0 Å². The van der Waals surface area contributed by atoms with Crippen LogP contribution in [0.4, 0.5) is 23.2 Å². The molecule has 0 aromatic heterocycles. The quantitative estimate of drug-likeness (QED) is 0.496. The van der Waals surface area contributed by atoms with E-state index in [1.165, 1.54) is 0 Å². The van der Waals surface area contributed by atoms with Gasteiger partial charge >= 0.3 is 0 Å². The molecule has 1 aromatic rings. The van der Waals surface area contributed by atoms with Crippen molar-refractivity contribution in [2.45, 2.75) is 26.3 Å². The summed E-state index contributed by atoms with van der Waals surface area (Å²) >= 11 is 0. The van der Waals surface area contributed by atoms with Crippen molar-refractivity contribution >= 4 is 5.69 Å². The maximum atomic E-state index is 13.2. The highest BCUT2D eigenvalue weighted by atomic mass is 19.2. The number of nitrogens with one attached hydrogen (secondary N) is 2. The number of benzene rings is 1. The highest BCUT2D eigenvalue weighted by Gasteiger charge is 2.18. The summed E-state index contributed by atoms with van der Waals surface area (Å²) in [5.74, 6) is -5.66. The van der Waals surface area contributed by atoms with E-state index in [-0.39, 0.29) is 18.2 Å². The first-order chi connectivity index (χ1) is 8.22. The number of hydrogen-bond donors (Lipinski definition) is 2. The first kappa shape index (κ1) is 14.8. The predicted molar refractivity (Wildman–Crippen MR) is 62.5 cm³/mol. The maximum Gasteiger partial charge on any atom is 0.185 e. The van der Waals surface area contributed by atoms with E-state index in [1.54, 1.807) is 0 Å². The van der Waals surface area contributed by atoms with E-state index in [2.05, 4.69) is 10.6 Å². The number of hydrogen-bond acceptors (Lipinski definition) is 2. The topological polar surface area (TPSA) is 24.1 Å². The third-order valence-electron chi connectivity index (χ3n) is 2.19. The Morgan fingerprint density at radius 2 is 1.44 bits per heavy atom. The Morgan fingerprint density at radius 1 is 0.944 bits per heavy atom. The van der Waals surface area contributed by atoms with E-state index in [9.17, 15) is 17.6 Å². The molecule has 0 amide bonds. The summed E-state index contributed by atoms with van der Waals surface area (Å²) in [6, 6.07) is 0.184. The Kier molecular flexibility index (Phi) is 4.56. The first-order valence-corrected chi connectivity index (χ1v) is 5.54. The van der Waals surface area contributed by atoms with Crippen LogP contribution in [0.2, 0.25) is 0 Å². The van der Waals surface area contributed by atoms with E-state index in [0.29, 0.717) is 6.54 Å². The number of halogens is 4. The molecule has 18 heavy (non-hydrogen) atoms. The van der Waals surface area contributed by atoms with Crippen LogP contribution in [0, 0.1) is 23.3 Å². The highest BCUT2D eigenvalue weighted by molar-refractivity contribution is 5.47. The standard InChI is InChI=1S/C12H16F4N2/c1-12(2,3)18-5-4-17-11-9(15)7(13)6-8(14)10(11)16/h6,17-18H,4-5H2,1-3H3. The molecule has 0 aliphatic rings. The summed E-state index contributed by atoms with van der Waals surface area (Å²) in [6.07, 6.45) is 0. The van der Waals surface area contributed by atoms with Gasteiger partial charge in [0.2, 0.25) is 0 Å². The summed E-state index contributed by atoms with van der Waals surface area (Å²) in [4.78, 5) is 0. The molecule has 2 nitrogen and oxygen atoms in total. The Morgan fingerprint density at radius 3 is 1.89 bits per heavy atom. The zero-order valence-electron chi connectivity index (χ0n) is 10.5. The number of anilines is 1. The summed E-state index contributed by atoms with van der Waals surface area (Å²) in [7, 11) is 0. The fourth-order valence-electron chi connectivity index (χ4n) is 1.35. The second-order valence-electron chi connectivity index (χ2n) is 4.95. The molecule has 0 atom stereocenters. The largest absolute Gasteiger partial charge is 0.379 e. The van der Waals surface area contributed by atoms with Gasteiger partial charge in [-0.15, -0.1) is 0 Å². The zero-order valence-corrected chi connectivity index (χ0v) is 10.5. The first-order valence-electron chi connectivity index (χ1n) is 5.54. The summed E-state index contributed by atoms with van der Waals surface area (Å²) in [5, 5.41) is 5.41. The zero-order chi connectivity index (χ0) is 13.9. The van der Waals surface area contributed by atoms with Gasteiger partial charge < -0.3 is 10.6 Å². The van der Waals surface area contributed by atoms with Gasteiger partial charge in [0.15, 0.2) is 23.3 Å². The molecule has 0 heterocycles. The lowest BCUT2D eigenvalue weighted by Gasteiger charge is -2.21. The molecule has 102 valence electrons. The lowest BCUT2D eigenvalue weighted by atomic mass is 10.1. The van der Waals surface area contributed by atoms with Crippen LogP contribution in [0.5, 0.6) is 0 Å². The van der Waals surface area contributed by atoms with Crippen LogP contribution in [0.25, 0.3) is 0 Å². The average molecular weight is 264 g/mol. The minimum absolute atomic E-state index is 0.147. The van der Waals surface area contributed by atoms with E-state index in [1.807, 2.05) is 20.8 Å². The Balaban J connectivity index is 2.68. The predicted octanol–water partition coefficient (Wildman–Crippen LogP) is 3.04. The van der Waals surface area contributed by atoms with Gasteiger partial charge in [-0.25, -0.2) is 17.6 Å². The lowest BCUT2D eigenvalue weighted by molar-refractivity contribution is 0.433. The van der Waals surface area contributed by atoms with Crippen molar-refractivity contribution in [2.75, 3.05) is 18.4 Å². The van der Waals surface area contributed by atoms with Crippen LogP contribution in [0.1, 0.15) is 20.8 Å². The molecule has 6 heteroatoms. The van der Waals surface area contributed by atoms with E-state index in [0.717, 1.165) is 0 Å². The van der Waals surface area contributed by atoms with Crippen LogP contribution < -0.4 is 10.6 Å². The summed E-state index contributed by atoms with van der Waals surface area (Å²) < 4.78 is 52.2. The minimum atomic E-state index is -1.42. The molecular formula is C12H16F4N2. The third-order valence-corrected chi connectivity index (χ3v) is 2.19. The third kappa shape index (κ3) is 3.87. The van der Waals surface area contributed by atoms with Crippen LogP contribution in [-0.2, 0) is 0 Å². The van der Waals surface area contributed by atoms with Gasteiger partial charge in [0.1, 0.15) is 5.69 Å². The van der Waals surface area contributed by atoms with Gasteiger partial charge in [-0.2, -0.15) is 0 Å². The molecule has 0 saturated carbocycles. The van der Waals surface area contributed by atoms with Crippen LogP contribution in [-0.4, -0.2) is 18.6 Å². The van der Waals surface area contributed by atoms with E-state index >= 15 is 0 Å². The van der Waals surface area contributed by atoms with Gasteiger partial charge in [0, 0.05) is 24.7 Å². The van der Waals surface area contributed by atoms with E-state index < -0.39 is 29.0 Å². The Hall–Kier alpha value is -1.30. The second-order valence-corrected chi connectivity index (χ2v) is 4.95. The molecule has 1 aromatic carbocycles. The van der Waals surface area contributed by atoms with Gasteiger partial charge in [-0.1, -0.05) is 0 Å². The molecular weight excluding hydrogens is 248 g/mol. The van der Waals surface area contributed by atoms with E-state index in [4.69, 9.17) is 0 Å². The Labute approximate surface area is 103 Å². The van der Waals surface area contributed by atoms with Crippen molar-refractivity contribution in [3.05, 3.63) is 29.3 Å². The molecule has 1 rings (SSSR count). The van der Waals surface area contributed by atoms with Gasteiger partial charge in [0.05, 0.1) is 0 Å². The highest BCUT2D eigenvalue weighted by Crippen LogP contribution is 2.23.